The maximum Gasteiger partial charge on any atom is 0.222 e. The molecule has 0 N–H and O–H groups in total. The lowest BCUT2D eigenvalue weighted by Crippen LogP contribution is -2.48. The summed E-state index contributed by atoms with van der Waals surface area (Å²) in [5.41, 5.74) is 2.20. The van der Waals surface area contributed by atoms with Crippen molar-refractivity contribution in [3.05, 3.63) is 58.1 Å². The number of hydrogen-bond acceptors (Lipinski definition) is 3. The third-order valence-electron chi connectivity index (χ3n) is 4.90. The van der Waals surface area contributed by atoms with E-state index in [1.165, 1.54) is 0 Å². The van der Waals surface area contributed by atoms with Gasteiger partial charge in [0.15, 0.2) is 0 Å². The third-order valence-corrected chi connectivity index (χ3v) is 5.64. The van der Waals surface area contributed by atoms with Crippen LogP contribution in [0.2, 0.25) is 10.0 Å². The van der Waals surface area contributed by atoms with Crippen molar-refractivity contribution in [2.24, 2.45) is 0 Å². The van der Waals surface area contributed by atoms with Crippen LogP contribution in [0.5, 0.6) is 5.75 Å². The van der Waals surface area contributed by atoms with Crippen molar-refractivity contribution in [1.29, 1.82) is 0 Å². The number of amides is 1. The molecule has 144 valence electrons. The number of piperazine rings is 1. The summed E-state index contributed by atoms with van der Waals surface area (Å²) in [4.78, 5) is 16.7. The predicted octanol–water partition coefficient (Wildman–Crippen LogP) is 4.67. The molecule has 6 heteroatoms. The number of aryl methyl sites for hydroxylation is 1. The molecule has 1 saturated heterocycles. The van der Waals surface area contributed by atoms with Gasteiger partial charge in [-0.15, -0.1) is 0 Å². The highest BCUT2D eigenvalue weighted by Crippen LogP contribution is 2.28. The molecule has 27 heavy (non-hydrogen) atoms. The van der Waals surface area contributed by atoms with Crippen LogP contribution in [0, 0.1) is 0 Å². The second-order valence-corrected chi connectivity index (χ2v) is 7.46. The molecule has 1 heterocycles. The van der Waals surface area contributed by atoms with Crippen molar-refractivity contribution in [2.75, 3.05) is 38.2 Å². The summed E-state index contributed by atoms with van der Waals surface area (Å²) < 4.78 is 5.44. The number of carbonyl (C=O) groups excluding carboxylic acids is 1. The molecule has 0 spiro atoms. The fourth-order valence-corrected chi connectivity index (χ4v) is 3.71. The smallest absolute Gasteiger partial charge is 0.222 e. The number of carbonyl (C=O) groups is 1. The van der Waals surface area contributed by atoms with Crippen molar-refractivity contribution < 1.29 is 9.53 Å². The summed E-state index contributed by atoms with van der Waals surface area (Å²) in [6.45, 7) is 3.12. The number of benzene rings is 2. The predicted molar refractivity (Wildman–Crippen MR) is 111 cm³/mol. The van der Waals surface area contributed by atoms with E-state index in [2.05, 4.69) is 11.0 Å². The van der Waals surface area contributed by atoms with E-state index in [9.17, 15) is 4.79 Å². The van der Waals surface area contributed by atoms with Gasteiger partial charge in [-0.3, -0.25) is 4.79 Å². The van der Waals surface area contributed by atoms with E-state index in [1.807, 2.05) is 35.2 Å². The summed E-state index contributed by atoms with van der Waals surface area (Å²) in [6.07, 6.45) is 2.18. The van der Waals surface area contributed by atoms with Gasteiger partial charge in [0.1, 0.15) is 5.75 Å². The second-order valence-electron chi connectivity index (χ2n) is 6.64. The third kappa shape index (κ3) is 5.08. The van der Waals surface area contributed by atoms with Crippen molar-refractivity contribution in [3.63, 3.8) is 0 Å². The summed E-state index contributed by atoms with van der Waals surface area (Å²) in [7, 11) is 1.69. The Balaban J connectivity index is 1.46. The minimum absolute atomic E-state index is 0.217. The van der Waals surface area contributed by atoms with Gasteiger partial charge < -0.3 is 14.5 Å². The molecular formula is C21H24Cl2N2O2. The Hall–Kier alpha value is -1.91. The van der Waals surface area contributed by atoms with Crippen LogP contribution in [0.25, 0.3) is 0 Å². The van der Waals surface area contributed by atoms with Crippen LogP contribution in [0.3, 0.4) is 0 Å². The summed E-state index contributed by atoms with van der Waals surface area (Å²) in [6, 6.07) is 13.7. The van der Waals surface area contributed by atoms with E-state index in [0.717, 1.165) is 56.0 Å². The molecule has 1 fully saturated rings. The van der Waals surface area contributed by atoms with Gasteiger partial charge in [0, 0.05) is 32.6 Å². The van der Waals surface area contributed by atoms with Crippen LogP contribution < -0.4 is 9.64 Å². The molecular weight excluding hydrogens is 383 g/mol. The largest absolute Gasteiger partial charge is 0.495 e. The molecule has 0 aliphatic carbocycles. The summed E-state index contributed by atoms with van der Waals surface area (Å²) in [5.74, 6) is 1.09. The molecule has 1 aliphatic heterocycles. The average molecular weight is 407 g/mol. The van der Waals surface area contributed by atoms with Gasteiger partial charge in [0.25, 0.3) is 0 Å². The highest BCUT2D eigenvalue weighted by atomic mass is 35.5. The zero-order chi connectivity index (χ0) is 19.2. The molecule has 0 unspecified atom stereocenters. The zero-order valence-electron chi connectivity index (χ0n) is 15.5. The number of ether oxygens (including phenoxy) is 1. The van der Waals surface area contributed by atoms with Gasteiger partial charge in [-0.25, -0.2) is 0 Å². The van der Waals surface area contributed by atoms with Crippen molar-refractivity contribution >= 4 is 34.8 Å². The van der Waals surface area contributed by atoms with Crippen LogP contribution in [0.1, 0.15) is 18.4 Å². The Morgan fingerprint density at radius 1 is 1.04 bits per heavy atom. The van der Waals surface area contributed by atoms with Gasteiger partial charge in [0.05, 0.1) is 22.8 Å². The first kappa shape index (κ1) is 19.8. The van der Waals surface area contributed by atoms with E-state index in [4.69, 9.17) is 27.9 Å². The van der Waals surface area contributed by atoms with Crippen LogP contribution in [0.15, 0.2) is 42.5 Å². The Bertz CT molecular complexity index is 790. The van der Waals surface area contributed by atoms with Crippen LogP contribution in [0.4, 0.5) is 5.69 Å². The monoisotopic (exact) mass is 406 g/mol. The first-order chi connectivity index (χ1) is 13.1. The van der Waals surface area contributed by atoms with Crippen LogP contribution >= 0.6 is 23.2 Å². The Morgan fingerprint density at radius 3 is 2.48 bits per heavy atom. The minimum Gasteiger partial charge on any atom is -0.495 e. The maximum absolute atomic E-state index is 12.5. The highest BCUT2D eigenvalue weighted by molar-refractivity contribution is 6.42. The van der Waals surface area contributed by atoms with Crippen molar-refractivity contribution in [3.8, 4) is 5.75 Å². The summed E-state index contributed by atoms with van der Waals surface area (Å²) in [5, 5.41) is 1.12. The van der Waals surface area contributed by atoms with Gasteiger partial charge >= 0.3 is 0 Å². The topological polar surface area (TPSA) is 32.8 Å². The molecule has 0 radical (unpaired) electrons. The van der Waals surface area contributed by atoms with Gasteiger partial charge in [-0.1, -0.05) is 41.4 Å². The maximum atomic E-state index is 12.5. The highest BCUT2D eigenvalue weighted by Gasteiger charge is 2.22. The molecule has 1 aliphatic rings. The number of para-hydroxylation sites is 2. The average Bonchev–Trinajstić information content (AvgIpc) is 2.70. The van der Waals surface area contributed by atoms with Crippen LogP contribution in [-0.2, 0) is 11.2 Å². The second kappa shape index (κ2) is 9.34. The number of nitrogens with zero attached hydrogens (tertiary/aromatic N) is 2. The molecule has 2 aromatic carbocycles. The lowest BCUT2D eigenvalue weighted by Gasteiger charge is -2.36. The molecule has 0 atom stereocenters. The van der Waals surface area contributed by atoms with E-state index in [0.29, 0.717) is 16.5 Å². The van der Waals surface area contributed by atoms with Crippen molar-refractivity contribution in [2.45, 2.75) is 19.3 Å². The number of halogens is 2. The number of anilines is 1. The number of hydrogen-bond donors (Lipinski definition) is 0. The minimum atomic E-state index is 0.217. The quantitative estimate of drug-likeness (QED) is 0.698. The van der Waals surface area contributed by atoms with Crippen LogP contribution in [-0.4, -0.2) is 44.1 Å². The Morgan fingerprint density at radius 2 is 1.78 bits per heavy atom. The fraction of sp³-hybridized carbons (Fsp3) is 0.381. The standard InChI is InChI=1S/C21H24Cl2N2O2/c1-27-20-7-3-2-6-19(20)24-11-13-25(14-12-24)21(26)8-4-5-16-9-10-17(22)18(23)15-16/h2-3,6-7,9-10,15H,4-5,8,11-14H2,1H3. The molecule has 0 aromatic heterocycles. The van der Waals surface area contributed by atoms with E-state index in [1.54, 1.807) is 13.2 Å². The molecule has 0 bridgehead atoms. The van der Waals surface area contributed by atoms with E-state index in [-0.39, 0.29) is 5.91 Å². The first-order valence-electron chi connectivity index (χ1n) is 9.18. The normalized spacial score (nSPS) is 14.3. The fourth-order valence-electron chi connectivity index (χ4n) is 3.38. The first-order valence-corrected chi connectivity index (χ1v) is 9.94. The molecule has 3 rings (SSSR count). The van der Waals surface area contributed by atoms with Crippen molar-refractivity contribution in [1.82, 2.24) is 4.90 Å². The molecule has 4 nitrogen and oxygen atoms in total. The lowest BCUT2D eigenvalue weighted by molar-refractivity contribution is -0.131. The number of rotatable bonds is 6. The van der Waals surface area contributed by atoms with Gasteiger partial charge in [-0.2, -0.15) is 0 Å². The molecule has 0 saturated carbocycles. The SMILES string of the molecule is COc1ccccc1N1CCN(C(=O)CCCc2ccc(Cl)c(Cl)c2)CC1. The van der Waals surface area contributed by atoms with E-state index < -0.39 is 0 Å². The van der Waals surface area contributed by atoms with Gasteiger partial charge in [-0.05, 0) is 42.7 Å². The summed E-state index contributed by atoms with van der Waals surface area (Å²) >= 11 is 12.0. The molecule has 2 aromatic rings. The molecule has 1 amide bonds. The lowest BCUT2D eigenvalue weighted by atomic mass is 10.1. The number of methoxy groups -OCH3 is 1. The Labute approximate surface area is 170 Å². The van der Waals surface area contributed by atoms with Gasteiger partial charge in [0.2, 0.25) is 5.91 Å². The Kier molecular flexibility index (Phi) is 6.86. The van der Waals surface area contributed by atoms with E-state index >= 15 is 0 Å². The zero-order valence-corrected chi connectivity index (χ0v) is 17.0.